The fourth-order valence-electron chi connectivity index (χ4n) is 0. The topological polar surface area (TPSA) is 310 Å². The van der Waals surface area contributed by atoms with Gasteiger partial charge in [0.25, 0.3) is 0 Å². The summed E-state index contributed by atoms with van der Waals surface area (Å²) in [5, 5.41) is 15.2. The first-order chi connectivity index (χ1) is 1.73. The van der Waals surface area contributed by atoms with Gasteiger partial charge >= 0.3 is 16.8 Å². The Bertz CT molecular complexity index is 30.5. The summed E-state index contributed by atoms with van der Waals surface area (Å²) < 4.78 is 0. The van der Waals surface area contributed by atoms with Gasteiger partial charge < -0.3 is 58.1 Å². The van der Waals surface area contributed by atoms with Crippen LogP contribution in [0.25, 0.3) is 12.3 Å². The van der Waals surface area contributed by atoms with Gasteiger partial charge in [-0.15, -0.1) is 0 Å². The van der Waals surface area contributed by atoms with E-state index in [1.54, 1.807) is 0 Å². The first-order valence-corrected chi connectivity index (χ1v) is 1.09. The number of aliphatic hydroxyl groups is 2. The van der Waals surface area contributed by atoms with Crippen LogP contribution < -0.4 is 24.6 Å². The Morgan fingerprint density at radius 2 is 0.786 bits per heavy atom. The van der Waals surface area contributed by atoms with Crippen LogP contribution in [0.5, 0.6) is 0 Å². The van der Waals surface area contributed by atoms with Crippen molar-refractivity contribution in [3.05, 3.63) is 12.3 Å². The number of aliphatic hydroxyl groups excluding tert-OH is 1. The molecule has 106 valence electrons. The number of hydrogen-bond donors (Lipinski definition) is 6. The normalized spacial score (nSPS) is 2.57. The predicted molar refractivity (Wildman–Crippen MR) is 51.8 cm³/mol. The summed E-state index contributed by atoms with van der Waals surface area (Å²) in [6.07, 6.45) is -1.17. The maximum atomic E-state index is 7.61. The Labute approximate surface area is 105 Å². The molecule has 0 unspecified atom stereocenters. The van der Waals surface area contributed by atoms with E-state index in [2.05, 4.69) is 0 Å². The Morgan fingerprint density at radius 3 is 0.786 bits per heavy atom. The number of rotatable bonds is 0. The van der Waals surface area contributed by atoms with E-state index in [-0.39, 0.29) is 81.4 Å². The van der Waals surface area contributed by atoms with Gasteiger partial charge in [-0.2, -0.15) is 0 Å². The maximum Gasteiger partial charge on any atom is 2.00 e. The van der Waals surface area contributed by atoms with E-state index in [1.165, 1.54) is 6.92 Å². The standard InChI is InChI=1S/C2H6O2.2Co.4H3N.2H2N.2H2O/c1-2(3)4;;;;;;;;;;/h2-4H,1H3;;;4*1H3;4*1H2/q;;+2;;;;;2*-1;;. The van der Waals surface area contributed by atoms with Gasteiger partial charge in [0, 0.05) is 16.8 Å². The van der Waals surface area contributed by atoms with Crippen LogP contribution in [0.4, 0.5) is 0 Å². The van der Waals surface area contributed by atoms with Crippen molar-refractivity contribution in [2.24, 2.45) is 0 Å². The van der Waals surface area contributed by atoms with E-state index in [0.29, 0.717) is 0 Å². The van der Waals surface area contributed by atoms with Crippen LogP contribution in [-0.2, 0) is 33.6 Å². The average molecular weight is 316 g/mol. The van der Waals surface area contributed by atoms with Crippen molar-refractivity contribution in [2.45, 2.75) is 13.2 Å². The van der Waals surface area contributed by atoms with Crippen molar-refractivity contribution in [3.63, 3.8) is 0 Å². The second kappa shape index (κ2) is 166. The van der Waals surface area contributed by atoms with E-state index < -0.39 is 6.29 Å². The van der Waals surface area contributed by atoms with Crippen molar-refractivity contribution in [3.8, 4) is 0 Å². The quantitative estimate of drug-likeness (QED) is 0.326. The second-order valence-corrected chi connectivity index (χ2v) is 0.632. The average Bonchev–Trinajstić information content (AvgIpc) is 0.811. The van der Waals surface area contributed by atoms with Gasteiger partial charge in [-0.1, -0.05) is 0 Å². The van der Waals surface area contributed by atoms with E-state index >= 15 is 0 Å². The van der Waals surface area contributed by atoms with Crippen molar-refractivity contribution >= 4 is 0 Å². The van der Waals surface area contributed by atoms with Gasteiger partial charge in [-0.3, -0.25) is 0 Å². The van der Waals surface area contributed by atoms with Gasteiger partial charge in [0.05, 0.1) is 0 Å². The second-order valence-electron chi connectivity index (χ2n) is 0.632. The molecule has 0 saturated carbocycles. The molecule has 0 amide bonds. The molecule has 12 heteroatoms. The molecular formula is C2H26Co2N6O4. The third-order valence-corrected chi connectivity index (χ3v) is 0. The molecule has 0 spiro atoms. The van der Waals surface area contributed by atoms with Crippen LogP contribution in [0, 0.1) is 0 Å². The van der Waals surface area contributed by atoms with Crippen LogP contribution in [0.3, 0.4) is 0 Å². The molecule has 0 aliphatic carbocycles. The Kier molecular flexibility index (Phi) is 2460. The molecule has 10 nitrogen and oxygen atoms in total. The minimum atomic E-state index is -1.17. The smallest absolute Gasteiger partial charge is 0.693 e. The fraction of sp³-hybridized carbons (Fsp3) is 1.00. The third-order valence-electron chi connectivity index (χ3n) is 0. The molecule has 14 heavy (non-hydrogen) atoms. The first-order valence-electron chi connectivity index (χ1n) is 1.09. The molecule has 0 atom stereocenters. The van der Waals surface area contributed by atoms with Crippen LogP contribution in [0.2, 0.25) is 0 Å². The molecule has 0 saturated heterocycles. The first kappa shape index (κ1) is 207. The van der Waals surface area contributed by atoms with E-state index in [9.17, 15) is 0 Å². The summed E-state index contributed by atoms with van der Waals surface area (Å²) in [4.78, 5) is 0. The monoisotopic (exact) mass is 316 g/mol. The summed E-state index contributed by atoms with van der Waals surface area (Å²) in [6.45, 7) is 1.28. The molecule has 0 aromatic heterocycles. The zero-order chi connectivity index (χ0) is 3.58. The number of nitrogens with two attached hydrogens (primary N) is 2. The zero-order valence-corrected chi connectivity index (χ0v) is 10.2. The van der Waals surface area contributed by atoms with E-state index in [4.69, 9.17) is 10.2 Å². The van der Waals surface area contributed by atoms with E-state index in [0.717, 1.165) is 0 Å². The fourth-order valence-corrected chi connectivity index (χ4v) is 0. The molecule has 0 fully saturated rings. The predicted octanol–water partition coefficient (Wildman–Crippen LogP) is -0.255. The molecule has 0 heterocycles. The molecule has 2 radical (unpaired) electrons. The summed E-state index contributed by atoms with van der Waals surface area (Å²) in [5.41, 5.74) is 0. The molecule has 0 aromatic rings. The molecule has 0 rings (SSSR count). The van der Waals surface area contributed by atoms with Crippen molar-refractivity contribution in [1.82, 2.24) is 24.6 Å². The van der Waals surface area contributed by atoms with Gasteiger partial charge in [-0.25, -0.2) is 0 Å². The maximum absolute atomic E-state index is 7.61. The Balaban J connectivity index is -0.000000001000. The van der Waals surface area contributed by atoms with Crippen molar-refractivity contribution in [1.29, 1.82) is 0 Å². The summed E-state index contributed by atoms with van der Waals surface area (Å²) in [7, 11) is 0. The van der Waals surface area contributed by atoms with Gasteiger partial charge in [0.1, 0.15) is 6.29 Å². The summed E-state index contributed by atoms with van der Waals surface area (Å²) >= 11 is 0. The summed E-state index contributed by atoms with van der Waals surface area (Å²) in [5.74, 6) is 0. The van der Waals surface area contributed by atoms with Crippen LogP contribution in [0.15, 0.2) is 0 Å². The molecule has 22 N–H and O–H groups in total. The minimum absolute atomic E-state index is 0. The van der Waals surface area contributed by atoms with E-state index in [1.807, 2.05) is 0 Å². The summed E-state index contributed by atoms with van der Waals surface area (Å²) in [6, 6.07) is 0. The number of hydrogen-bond acceptors (Lipinski definition) is 6. The Morgan fingerprint density at radius 1 is 0.786 bits per heavy atom. The molecule has 0 bridgehead atoms. The van der Waals surface area contributed by atoms with Gasteiger partial charge in [0.15, 0.2) is 0 Å². The van der Waals surface area contributed by atoms with Crippen LogP contribution >= 0.6 is 0 Å². The Hall–Kier alpha value is 0.613. The zero-order valence-electron chi connectivity index (χ0n) is 8.12. The minimum Gasteiger partial charge on any atom is -0.693 e. The molecule has 0 aromatic carbocycles. The largest absolute Gasteiger partial charge is 2.00 e. The SMILES string of the molecule is CC(O)O.N.N.N.N.O.O.[Co+2].[Co].[NH2-].[NH2-]. The van der Waals surface area contributed by atoms with Crippen molar-refractivity contribution in [2.75, 3.05) is 0 Å². The van der Waals surface area contributed by atoms with Crippen molar-refractivity contribution < 1.29 is 54.7 Å². The van der Waals surface area contributed by atoms with Crippen LogP contribution in [-0.4, -0.2) is 27.5 Å². The van der Waals surface area contributed by atoms with Gasteiger partial charge in [0.2, 0.25) is 0 Å². The third kappa shape index (κ3) is 4530. The van der Waals surface area contributed by atoms with Gasteiger partial charge in [-0.05, 0) is 6.92 Å². The molecule has 0 aliphatic heterocycles. The molecular weight excluding hydrogens is 290 g/mol. The molecule has 0 aliphatic rings. The van der Waals surface area contributed by atoms with Crippen LogP contribution in [0.1, 0.15) is 6.92 Å².